The number of nitrogen functional groups attached to an aromatic ring is 3. The van der Waals surface area contributed by atoms with Gasteiger partial charge in [-0.25, -0.2) is 0 Å². The smallest absolute Gasteiger partial charge is 0.317 e. The molecule has 0 aliphatic heterocycles. The Morgan fingerprint density at radius 2 is 1.28 bits per heavy atom. The Bertz CT molecular complexity index is 1360. The molecule has 6 nitrogen and oxygen atoms in total. The van der Waals surface area contributed by atoms with E-state index in [1.54, 1.807) is 7.05 Å². The number of carboxylic acid groups (broad SMARTS) is 1. The SMILES string of the molecule is CNCC(=O)O.Cc1cccc(N)c1.Nc1ccc2ccccc2c1.Nc1cccc2ccccc12. The fraction of sp³-hybridized carbons (Fsp3) is 0.100. The summed E-state index contributed by atoms with van der Waals surface area (Å²) in [5, 5.41) is 15.1. The first kappa shape index (κ1) is 27.7. The summed E-state index contributed by atoms with van der Waals surface area (Å²) in [6, 6.07) is 36.0. The Morgan fingerprint density at radius 1 is 0.694 bits per heavy atom. The molecule has 0 fully saturated rings. The number of anilines is 3. The second-order valence-electron chi connectivity index (χ2n) is 8.01. The van der Waals surface area contributed by atoms with Crippen molar-refractivity contribution in [2.75, 3.05) is 30.8 Å². The number of aliphatic carboxylic acids is 1. The summed E-state index contributed by atoms with van der Waals surface area (Å²) in [5.74, 6) is -0.822. The molecule has 0 aliphatic rings. The van der Waals surface area contributed by atoms with Crippen LogP contribution in [0.3, 0.4) is 0 Å². The molecule has 0 unspecified atom stereocenters. The molecule has 5 aromatic rings. The van der Waals surface area contributed by atoms with Crippen LogP contribution < -0.4 is 22.5 Å². The van der Waals surface area contributed by atoms with Gasteiger partial charge >= 0.3 is 5.97 Å². The first-order valence-electron chi connectivity index (χ1n) is 11.5. The van der Waals surface area contributed by atoms with E-state index in [1.165, 1.54) is 21.7 Å². The van der Waals surface area contributed by atoms with E-state index in [-0.39, 0.29) is 6.54 Å². The van der Waals surface area contributed by atoms with Crippen molar-refractivity contribution in [3.05, 3.63) is 115 Å². The first-order valence-corrected chi connectivity index (χ1v) is 11.5. The number of rotatable bonds is 2. The van der Waals surface area contributed by atoms with Crippen LogP contribution in [0.4, 0.5) is 17.1 Å². The zero-order chi connectivity index (χ0) is 26.3. The molecule has 6 heteroatoms. The third-order valence-electron chi connectivity index (χ3n) is 4.97. The lowest BCUT2D eigenvalue weighted by Gasteiger charge is -1.98. The van der Waals surface area contributed by atoms with Gasteiger partial charge in [0.2, 0.25) is 0 Å². The summed E-state index contributed by atoms with van der Waals surface area (Å²) in [4.78, 5) is 9.54. The van der Waals surface area contributed by atoms with Gasteiger partial charge in [0.1, 0.15) is 0 Å². The van der Waals surface area contributed by atoms with Gasteiger partial charge in [-0.05, 0) is 66.0 Å². The van der Waals surface area contributed by atoms with Gasteiger partial charge in [0, 0.05) is 22.4 Å². The van der Waals surface area contributed by atoms with Crippen LogP contribution >= 0.6 is 0 Å². The van der Waals surface area contributed by atoms with Crippen molar-refractivity contribution < 1.29 is 9.90 Å². The number of carbonyl (C=O) groups is 1. The van der Waals surface area contributed by atoms with E-state index < -0.39 is 5.97 Å². The van der Waals surface area contributed by atoms with Gasteiger partial charge in [-0.1, -0.05) is 78.9 Å². The second kappa shape index (κ2) is 14.7. The predicted octanol–water partition coefficient (Wildman–Crippen LogP) is 5.71. The van der Waals surface area contributed by atoms with E-state index in [9.17, 15) is 4.79 Å². The third kappa shape index (κ3) is 9.75. The molecule has 5 aromatic carbocycles. The van der Waals surface area contributed by atoms with E-state index in [0.29, 0.717) is 0 Å². The van der Waals surface area contributed by atoms with Crippen molar-refractivity contribution in [2.45, 2.75) is 6.92 Å². The minimum absolute atomic E-state index is 0.0417. The van der Waals surface area contributed by atoms with Crippen LogP contribution in [0.15, 0.2) is 109 Å². The molecule has 0 aliphatic carbocycles. The van der Waals surface area contributed by atoms with Crippen LogP contribution in [0.5, 0.6) is 0 Å². The summed E-state index contributed by atoms with van der Waals surface area (Å²) in [6.07, 6.45) is 0. The van der Waals surface area contributed by atoms with E-state index in [4.69, 9.17) is 22.3 Å². The maximum absolute atomic E-state index is 9.54. The lowest BCUT2D eigenvalue weighted by atomic mass is 10.1. The normalized spacial score (nSPS) is 9.61. The Hall–Kier alpha value is -4.55. The van der Waals surface area contributed by atoms with Crippen molar-refractivity contribution in [1.82, 2.24) is 5.32 Å². The third-order valence-corrected chi connectivity index (χ3v) is 4.97. The number of nitrogens with two attached hydrogens (primary N) is 3. The topological polar surface area (TPSA) is 127 Å². The second-order valence-corrected chi connectivity index (χ2v) is 8.01. The molecule has 5 rings (SSSR count). The first-order chi connectivity index (χ1) is 17.3. The molecule has 0 spiro atoms. The lowest BCUT2D eigenvalue weighted by Crippen LogP contribution is -2.16. The maximum Gasteiger partial charge on any atom is 0.317 e. The van der Waals surface area contributed by atoms with Gasteiger partial charge in [-0.2, -0.15) is 0 Å². The van der Waals surface area contributed by atoms with Crippen molar-refractivity contribution in [3.63, 3.8) is 0 Å². The van der Waals surface area contributed by atoms with Gasteiger partial charge in [0.05, 0.1) is 6.54 Å². The molecule has 36 heavy (non-hydrogen) atoms. The standard InChI is InChI=1S/2C10H9N.C7H9N.C3H7NO2/c11-10-7-3-5-8-4-1-2-6-9(8)10;11-10-6-5-8-3-1-2-4-9(8)7-10;1-6-3-2-4-7(8)5-6;1-4-2-3(5)6/h2*1-7H,11H2;2-5H,8H2,1H3;4H,2H2,1H3,(H,5,6). The highest BCUT2D eigenvalue weighted by Gasteiger charge is 1.93. The Labute approximate surface area is 212 Å². The number of nitrogens with one attached hydrogen (secondary N) is 1. The summed E-state index contributed by atoms with van der Waals surface area (Å²) in [5.41, 5.74) is 20.6. The highest BCUT2D eigenvalue weighted by atomic mass is 16.4. The highest BCUT2D eigenvalue weighted by molar-refractivity contribution is 5.92. The molecule has 0 bridgehead atoms. The van der Waals surface area contributed by atoms with Gasteiger partial charge in [-0.3, -0.25) is 4.79 Å². The number of hydrogen-bond acceptors (Lipinski definition) is 5. The zero-order valence-electron chi connectivity index (χ0n) is 20.7. The van der Waals surface area contributed by atoms with Crippen LogP contribution in [-0.4, -0.2) is 24.7 Å². The van der Waals surface area contributed by atoms with Crippen LogP contribution in [0, 0.1) is 6.92 Å². The molecular weight excluding hydrogens is 448 g/mol. The van der Waals surface area contributed by atoms with Crippen molar-refractivity contribution >= 4 is 44.6 Å². The number of fused-ring (bicyclic) bond motifs is 2. The largest absolute Gasteiger partial charge is 0.480 e. The fourth-order valence-corrected chi connectivity index (χ4v) is 3.28. The van der Waals surface area contributed by atoms with Gasteiger partial charge in [0.25, 0.3) is 0 Å². The average Bonchev–Trinajstić information content (AvgIpc) is 2.85. The summed E-state index contributed by atoms with van der Waals surface area (Å²) in [7, 11) is 1.59. The van der Waals surface area contributed by atoms with Gasteiger partial charge in [-0.15, -0.1) is 0 Å². The van der Waals surface area contributed by atoms with Crippen molar-refractivity contribution in [3.8, 4) is 0 Å². The van der Waals surface area contributed by atoms with E-state index in [1.807, 2.05) is 91.9 Å². The van der Waals surface area contributed by atoms with Crippen LogP contribution in [0.2, 0.25) is 0 Å². The number of benzene rings is 5. The number of carboxylic acids is 1. The molecular formula is C30H34N4O2. The lowest BCUT2D eigenvalue weighted by molar-refractivity contribution is -0.135. The molecule has 0 saturated heterocycles. The number of hydrogen-bond donors (Lipinski definition) is 5. The summed E-state index contributed by atoms with van der Waals surface area (Å²) in [6.45, 7) is 2.07. The monoisotopic (exact) mass is 482 g/mol. The van der Waals surface area contributed by atoms with Crippen molar-refractivity contribution in [1.29, 1.82) is 0 Å². The Morgan fingerprint density at radius 3 is 1.83 bits per heavy atom. The van der Waals surface area contributed by atoms with Crippen LogP contribution in [0.1, 0.15) is 5.56 Å². The van der Waals surface area contributed by atoms with Crippen LogP contribution in [0.25, 0.3) is 21.5 Å². The number of aryl methyl sites for hydroxylation is 1. The highest BCUT2D eigenvalue weighted by Crippen LogP contribution is 2.19. The van der Waals surface area contributed by atoms with E-state index >= 15 is 0 Å². The van der Waals surface area contributed by atoms with Gasteiger partial charge < -0.3 is 27.6 Å². The molecule has 0 amide bonds. The van der Waals surface area contributed by atoms with Gasteiger partial charge in [0.15, 0.2) is 0 Å². The average molecular weight is 483 g/mol. The van der Waals surface area contributed by atoms with Crippen LogP contribution in [-0.2, 0) is 4.79 Å². The van der Waals surface area contributed by atoms with E-state index in [2.05, 4.69) is 29.6 Å². The molecule has 0 saturated carbocycles. The minimum atomic E-state index is -0.822. The van der Waals surface area contributed by atoms with Crippen molar-refractivity contribution in [2.24, 2.45) is 0 Å². The molecule has 8 N–H and O–H groups in total. The Balaban J connectivity index is 0.000000174. The zero-order valence-corrected chi connectivity index (χ0v) is 20.7. The quantitative estimate of drug-likeness (QED) is 0.205. The fourth-order valence-electron chi connectivity index (χ4n) is 3.28. The molecule has 0 aromatic heterocycles. The molecule has 0 radical (unpaired) electrons. The Kier molecular flexibility index (Phi) is 11.3. The summed E-state index contributed by atoms with van der Waals surface area (Å²) >= 11 is 0. The molecule has 0 heterocycles. The maximum atomic E-state index is 9.54. The molecule has 186 valence electrons. The minimum Gasteiger partial charge on any atom is -0.480 e. The number of likely N-dealkylation sites (N-methyl/N-ethyl adjacent to an activating group) is 1. The van der Waals surface area contributed by atoms with E-state index in [0.717, 1.165) is 22.4 Å². The predicted molar refractivity (Wildman–Crippen MR) is 154 cm³/mol. The summed E-state index contributed by atoms with van der Waals surface area (Å²) < 4.78 is 0. The molecule has 0 atom stereocenters.